The van der Waals surface area contributed by atoms with Crippen LogP contribution in [0.15, 0.2) is 42.5 Å². The average Bonchev–Trinajstić information content (AvgIpc) is 2.56. The highest BCUT2D eigenvalue weighted by Crippen LogP contribution is 2.30. The molecule has 0 saturated heterocycles. The number of nitrogens with zero attached hydrogens (tertiary/aromatic N) is 1. The molecule has 1 aliphatic heterocycles. The van der Waals surface area contributed by atoms with Gasteiger partial charge in [-0.2, -0.15) is 0 Å². The predicted octanol–water partition coefficient (Wildman–Crippen LogP) is 2.63. The van der Waals surface area contributed by atoms with Gasteiger partial charge in [-0.3, -0.25) is 4.79 Å². The van der Waals surface area contributed by atoms with Crippen molar-refractivity contribution >= 4 is 5.91 Å². The zero-order chi connectivity index (χ0) is 16.4. The molecule has 0 unspecified atom stereocenters. The lowest BCUT2D eigenvalue weighted by Crippen LogP contribution is -2.42. The van der Waals surface area contributed by atoms with E-state index in [9.17, 15) is 18.7 Å². The third-order valence-corrected chi connectivity index (χ3v) is 4.26. The minimum absolute atomic E-state index is 0.148. The molecule has 1 amide bonds. The highest BCUT2D eigenvalue weighted by molar-refractivity contribution is 5.79. The monoisotopic (exact) mass is 317 g/mol. The van der Waals surface area contributed by atoms with Crippen molar-refractivity contribution in [1.82, 2.24) is 4.90 Å². The van der Waals surface area contributed by atoms with Crippen LogP contribution < -0.4 is 0 Å². The van der Waals surface area contributed by atoms with E-state index in [4.69, 9.17) is 0 Å². The van der Waals surface area contributed by atoms with Crippen LogP contribution in [0, 0.1) is 11.6 Å². The molecule has 0 aromatic heterocycles. The highest BCUT2D eigenvalue weighted by atomic mass is 19.1. The van der Waals surface area contributed by atoms with Gasteiger partial charge in [0.25, 0.3) is 0 Å². The first-order chi connectivity index (χ1) is 11.1. The Bertz CT molecular complexity index is 733. The fourth-order valence-electron chi connectivity index (χ4n) is 3.08. The SMILES string of the molecule is O=C(Cc1ccc(F)cc1F)N1CCc2ccccc2[C@H]1CO. The summed E-state index contributed by atoms with van der Waals surface area (Å²) in [4.78, 5) is 14.1. The van der Waals surface area contributed by atoms with E-state index < -0.39 is 17.7 Å². The van der Waals surface area contributed by atoms with Gasteiger partial charge in [-0.05, 0) is 29.2 Å². The molecular weight excluding hydrogens is 300 g/mol. The number of benzene rings is 2. The number of aliphatic hydroxyl groups is 1. The Morgan fingerprint density at radius 2 is 2.00 bits per heavy atom. The fourth-order valence-corrected chi connectivity index (χ4v) is 3.08. The molecular formula is C18H17F2NO2. The van der Waals surface area contributed by atoms with E-state index in [-0.39, 0.29) is 24.5 Å². The van der Waals surface area contributed by atoms with Crippen LogP contribution in [0.4, 0.5) is 8.78 Å². The van der Waals surface area contributed by atoms with Crippen molar-refractivity contribution in [2.75, 3.05) is 13.2 Å². The molecule has 1 aliphatic rings. The van der Waals surface area contributed by atoms with Gasteiger partial charge in [0.15, 0.2) is 0 Å². The number of carbonyl (C=O) groups is 1. The molecule has 0 radical (unpaired) electrons. The predicted molar refractivity (Wildman–Crippen MR) is 81.7 cm³/mol. The van der Waals surface area contributed by atoms with E-state index in [0.29, 0.717) is 13.0 Å². The van der Waals surface area contributed by atoms with Gasteiger partial charge in [-0.25, -0.2) is 8.78 Å². The van der Waals surface area contributed by atoms with Crippen LogP contribution in [-0.4, -0.2) is 29.1 Å². The van der Waals surface area contributed by atoms with Crippen LogP contribution in [0.3, 0.4) is 0 Å². The van der Waals surface area contributed by atoms with E-state index in [1.54, 1.807) is 4.90 Å². The van der Waals surface area contributed by atoms with Gasteiger partial charge < -0.3 is 10.0 Å². The summed E-state index contributed by atoms with van der Waals surface area (Å²) in [7, 11) is 0. The van der Waals surface area contributed by atoms with Crippen LogP contribution in [0.2, 0.25) is 0 Å². The molecule has 120 valence electrons. The van der Waals surface area contributed by atoms with Crippen LogP contribution in [0.25, 0.3) is 0 Å². The van der Waals surface area contributed by atoms with Crippen molar-refractivity contribution in [2.45, 2.75) is 18.9 Å². The third kappa shape index (κ3) is 3.10. The molecule has 5 heteroatoms. The second kappa shape index (κ2) is 6.46. The highest BCUT2D eigenvalue weighted by Gasteiger charge is 2.30. The van der Waals surface area contributed by atoms with Gasteiger partial charge in [0.05, 0.1) is 19.1 Å². The van der Waals surface area contributed by atoms with Crippen molar-refractivity contribution in [3.63, 3.8) is 0 Å². The van der Waals surface area contributed by atoms with Gasteiger partial charge in [0.2, 0.25) is 5.91 Å². The summed E-state index contributed by atoms with van der Waals surface area (Å²) in [5, 5.41) is 9.70. The van der Waals surface area contributed by atoms with Gasteiger partial charge >= 0.3 is 0 Å². The number of carbonyl (C=O) groups excluding carboxylic acids is 1. The van der Waals surface area contributed by atoms with Crippen molar-refractivity contribution in [3.05, 3.63) is 70.8 Å². The Hall–Kier alpha value is -2.27. The molecule has 0 fully saturated rings. The summed E-state index contributed by atoms with van der Waals surface area (Å²) in [5.74, 6) is -1.67. The van der Waals surface area contributed by atoms with Crippen molar-refractivity contribution in [3.8, 4) is 0 Å². The molecule has 0 spiro atoms. The number of hydrogen-bond acceptors (Lipinski definition) is 2. The van der Waals surface area contributed by atoms with Crippen molar-refractivity contribution in [1.29, 1.82) is 0 Å². The number of rotatable bonds is 3. The second-order valence-electron chi connectivity index (χ2n) is 5.65. The fraction of sp³-hybridized carbons (Fsp3) is 0.278. The lowest BCUT2D eigenvalue weighted by molar-refractivity contribution is -0.134. The smallest absolute Gasteiger partial charge is 0.227 e. The van der Waals surface area contributed by atoms with Crippen LogP contribution in [0.1, 0.15) is 22.7 Å². The Labute approximate surface area is 133 Å². The third-order valence-electron chi connectivity index (χ3n) is 4.26. The minimum atomic E-state index is -0.726. The van der Waals surface area contributed by atoms with Crippen LogP contribution in [-0.2, 0) is 17.6 Å². The Morgan fingerprint density at radius 1 is 1.22 bits per heavy atom. The standard InChI is InChI=1S/C18H17F2NO2/c19-14-6-5-13(16(20)10-14)9-18(23)21-8-7-12-3-1-2-4-15(12)17(21)11-22/h1-6,10,17,22H,7-9,11H2/t17-/m1/s1. The quantitative estimate of drug-likeness (QED) is 0.945. The molecule has 2 aromatic rings. The van der Waals surface area contributed by atoms with Crippen molar-refractivity contribution in [2.24, 2.45) is 0 Å². The first-order valence-corrected chi connectivity index (χ1v) is 7.52. The largest absolute Gasteiger partial charge is 0.394 e. The second-order valence-corrected chi connectivity index (χ2v) is 5.65. The summed E-state index contributed by atoms with van der Waals surface area (Å²) in [5.41, 5.74) is 2.20. The normalized spacial score (nSPS) is 17.0. The minimum Gasteiger partial charge on any atom is -0.394 e. The van der Waals surface area contributed by atoms with Gasteiger partial charge in [-0.1, -0.05) is 30.3 Å². The number of aliphatic hydroxyl groups excluding tert-OH is 1. The molecule has 0 saturated carbocycles. The topological polar surface area (TPSA) is 40.5 Å². The summed E-state index contributed by atoms with van der Waals surface area (Å²) in [6.45, 7) is 0.290. The maximum atomic E-state index is 13.7. The summed E-state index contributed by atoms with van der Waals surface area (Å²) in [6.07, 6.45) is 0.551. The van der Waals surface area contributed by atoms with Gasteiger partial charge in [0.1, 0.15) is 11.6 Å². The summed E-state index contributed by atoms with van der Waals surface area (Å²) >= 11 is 0. The lowest BCUT2D eigenvalue weighted by Gasteiger charge is -2.36. The van der Waals surface area contributed by atoms with Crippen LogP contribution in [0.5, 0.6) is 0 Å². The summed E-state index contributed by atoms with van der Waals surface area (Å²) < 4.78 is 26.7. The number of amides is 1. The molecule has 1 N–H and O–H groups in total. The maximum Gasteiger partial charge on any atom is 0.227 e. The molecule has 3 nitrogen and oxygen atoms in total. The molecule has 3 rings (SSSR count). The zero-order valence-corrected chi connectivity index (χ0v) is 12.5. The van der Waals surface area contributed by atoms with E-state index in [2.05, 4.69) is 0 Å². The molecule has 2 aromatic carbocycles. The number of fused-ring (bicyclic) bond motifs is 1. The summed E-state index contributed by atoms with van der Waals surface area (Å²) in [6, 6.07) is 10.5. The molecule has 1 heterocycles. The average molecular weight is 317 g/mol. The molecule has 1 atom stereocenters. The van der Waals surface area contributed by atoms with Crippen molar-refractivity contribution < 1.29 is 18.7 Å². The first kappa shape index (κ1) is 15.6. The van der Waals surface area contributed by atoms with Gasteiger partial charge in [0, 0.05) is 12.6 Å². The Kier molecular flexibility index (Phi) is 4.39. The number of hydrogen-bond donors (Lipinski definition) is 1. The van der Waals surface area contributed by atoms with Gasteiger partial charge in [-0.15, -0.1) is 0 Å². The molecule has 0 aliphatic carbocycles. The van der Waals surface area contributed by atoms with E-state index >= 15 is 0 Å². The molecule has 23 heavy (non-hydrogen) atoms. The van der Waals surface area contributed by atoms with Crippen LogP contribution >= 0.6 is 0 Å². The number of halogens is 2. The Balaban J connectivity index is 1.82. The van der Waals surface area contributed by atoms with E-state index in [1.165, 1.54) is 6.07 Å². The lowest BCUT2D eigenvalue weighted by atomic mass is 9.92. The zero-order valence-electron chi connectivity index (χ0n) is 12.5. The molecule has 0 bridgehead atoms. The Morgan fingerprint density at radius 3 is 2.74 bits per heavy atom. The first-order valence-electron chi connectivity index (χ1n) is 7.52. The van der Waals surface area contributed by atoms with E-state index in [0.717, 1.165) is 23.3 Å². The van der Waals surface area contributed by atoms with E-state index in [1.807, 2.05) is 24.3 Å². The maximum absolute atomic E-state index is 13.7.